The number of nitrogens with one attached hydrogen (secondary N) is 1. The van der Waals surface area contributed by atoms with Gasteiger partial charge in [0.15, 0.2) is 0 Å². The molecule has 1 N–H and O–H groups in total. The van der Waals surface area contributed by atoms with Crippen molar-refractivity contribution >= 4 is 28.8 Å². The number of halogens is 1. The number of rotatable bonds is 3. The van der Waals surface area contributed by atoms with Crippen molar-refractivity contribution in [3.63, 3.8) is 0 Å². The van der Waals surface area contributed by atoms with Crippen LogP contribution < -0.4 is 5.32 Å². The van der Waals surface area contributed by atoms with E-state index < -0.39 is 0 Å². The Labute approximate surface area is 135 Å². The van der Waals surface area contributed by atoms with E-state index in [2.05, 4.69) is 26.1 Å². The van der Waals surface area contributed by atoms with Crippen LogP contribution in [0, 0.1) is 5.41 Å². The summed E-state index contributed by atoms with van der Waals surface area (Å²) in [6.07, 6.45) is 0. The van der Waals surface area contributed by atoms with Crippen LogP contribution in [0.4, 0.5) is 0 Å². The molecule has 0 saturated carbocycles. The number of amides is 1. The monoisotopic (exact) mass is 321 g/mol. The lowest BCUT2D eigenvalue weighted by Crippen LogP contribution is -2.41. The molecule has 0 aliphatic carbocycles. The lowest BCUT2D eigenvalue weighted by atomic mass is 9.88. The van der Waals surface area contributed by atoms with Crippen molar-refractivity contribution in [1.29, 1.82) is 0 Å². The van der Waals surface area contributed by atoms with Gasteiger partial charge in [0.25, 0.3) is 5.91 Å². The number of carbonyl (C=O) groups is 1. The summed E-state index contributed by atoms with van der Waals surface area (Å²) in [4.78, 5) is 14.1. The number of carbonyl (C=O) groups excluding carboxylic acids is 1. The van der Waals surface area contributed by atoms with Crippen molar-refractivity contribution in [3.8, 4) is 10.4 Å². The lowest BCUT2D eigenvalue weighted by Gasteiger charge is -2.27. The third kappa shape index (κ3) is 4.08. The molecule has 0 aliphatic rings. The second kappa shape index (κ2) is 6.20. The Hall–Kier alpha value is -1.32. The van der Waals surface area contributed by atoms with Gasteiger partial charge in [-0.1, -0.05) is 44.5 Å². The number of thiophene rings is 1. The summed E-state index contributed by atoms with van der Waals surface area (Å²) in [5.74, 6) is -0.0179. The van der Waals surface area contributed by atoms with E-state index in [0.717, 1.165) is 15.3 Å². The molecule has 1 heterocycles. The zero-order valence-electron chi connectivity index (χ0n) is 12.7. The van der Waals surface area contributed by atoms with Crippen LogP contribution in [-0.4, -0.2) is 11.9 Å². The number of hydrogen-bond donors (Lipinski definition) is 1. The molecular formula is C17H20ClNOS. The summed E-state index contributed by atoms with van der Waals surface area (Å²) in [5, 5.41) is 3.76. The first-order valence-electron chi connectivity index (χ1n) is 6.94. The van der Waals surface area contributed by atoms with Crippen LogP contribution in [0.25, 0.3) is 10.4 Å². The third-order valence-electron chi connectivity index (χ3n) is 3.59. The highest BCUT2D eigenvalue weighted by molar-refractivity contribution is 7.17. The predicted molar refractivity (Wildman–Crippen MR) is 91.1 cm³/mol. The van der Waals surface area contributed by atoms with Gasteiger partial charge in [-0.25, -0.2) is 0 Å². The van der Waals surface area contributed by atoms with Crippen molar-refractivity contribution in [3.05, 3.63) is 46.3 Å². The van der Waals surface area contributed by atoms with Crippen LogP contribution in [0.15, 0.2) is 36.4 Å². The van der Waals surface area contributed by atoms with Gasteiger partial charge in [-0.2, -0.15) is 0 Å². The first kappa shape index (κ1) is 16.1. The fourth-order valence-electron chi connectivity index (χ4n) is 1.74. The Morgan fingerprint density at radius 2 is 1.95 bits per heavy atom. The van der Waals surface area contributed by atoms with Crippen LogP contribution in [-0.2, 0) is 0 Å². The minimum Gasteiger partial charge on any atom is -0.348 e. The van der Waals surface area contributed by atoms with Gasteiger partial charge in [0.1, 0.15) is 0 Å². The smallest absolute Gasteiger partial charge is 0.261 e. The predicted octanol–water partition coefficient (Wildman–Crippen LogP) is 5.23. The molecule has 0 aliphatic heterocycles. The Kier molecular flexibility index (Phi) is 4.74. The topological polar surface area (TPSA) is 29.1 Å². The molecule has 2 nitrogen and oxygen atoms in total. The van der Waals surface area contributed by atoms with Crippen molar-refractivity contribution in [2.75, 3.05) is 0 Å². The first-order valence-corrected chi connectivity index (χ1v) is 8.13. The Bertz CT molecular complexity index is 642. The van der Waals surface area contributed by atoms with Crippen LogP contribution in [0.3, 0.4) is 0 Å². The molecule has 21 heavy (non-hydrogen) atoms. The fraction of sp³-hybridized carbons (Fsp3) is 0.353. The minimum atomic E-state index is -0.0179. The van der Waals surface area contributed by atoms with E-state index in [1.54, 1.807) is 0 Å². The molecule has 2 rings (SSSR count). The van der Waals surface area contributed by atoms with Crippen LogP contribution >= 0.6 is 22.9 Å². The fourth-order valence-corrected chi connectivity index (χ4v) is 2.84. The second-order valence-corrected chi connectivity index (χ2v) is 7.76. The van der Waals surface area contributed by atoms with Crippen molar-refractivity contribution in [1.82, 2.24) is 5.32 Å². The maximum absolute atomic E-state index is 12.3. The van der Waals surface area contributed by atoms with Gasteiger partial charge in [0.05, 0.1) is 4.88 Å². The molecule has 0 saturated heterocycles. The molecule has 0 radical (unpaired) electrons. The molecule has 1 amide bonds. The Morgan fingerprint density at radius 3 is 2.57 bits per heavy atom. The molecule has 1 aromatic heterocycles. The summed E-state index contributed by atoms with van der Waals surface area (Å²) in [5.41, 5.74) is 1.08. The zero-order valence-corrected chi connectivity index (χ0v) is 14.3. The van der Waals surface area contributed by atoms with E-state index in [1.807, 2.05) is 43.3 Å². The summed E-state index contributed by atoms with van der Waals surface area (Å²) < 4.78 is 0. The highest BCUT2D eigenvalue weighted by Gasteiger charge is 2.22. The largest absolute Gasteiger partial charge is 0.348 e. The van der Waals surface area contributed by atoms with Gasteiger partial charge in [-0.3, -0.25) is 4.79 Å². The van der Waals surface area contributed by atoms with Crippen molar-refractivity contribution in [2.24, 2.45) is 5.41 Å². The molecular weight excluding hydrogens is 302 g/mol. The molecule has 0 bridgehead atoms. The van der Waals surface area contributed by atoms with E-state index >= 15 is 0 Å². The standard InChI is InChI=1S/C17H20ClNOS/c1-11(17(2,3)4)19-16(20)15-9-8-14(21-15)12-6-5-7-13(18)10-12/h5-11H,1-4H3,(H,19,20). The summed E-state index contributed by atoms with van der Waals surface area (Å²) in [7, 11) is 0. The number of hydrogen-bond acceptors (Lipinski definition) is 2. The van der Waals surface area contributed by atoms with Crippen LogP contribution in [0.5, 0.6) is 0 Å². The molecule has 0 fully saturated rings. The molecule has 1 unspecified atom stereocenters. The SMILES string of the molecule is CC(NC(=O)c1ccc(-c2cccc(Cl)c2)s1)C(C)(C)C. The zero-order chi connectivity index (χ0) is 15.6. The van der Waals surface area contributed by atoms with Crippen molar-refractivity contribution in [2.45, 2.75) is 33.7 Å². The highest BCUT2D eigenvalue weighted by Crippen LogP contribution is 2.30. The maximum atomic E-state index is 12.3. The number of benzene rings is 1. The van der Waals surface area contributed by atoms with Gasteiger partial charge in [0.2, 0.25) is 0 Å². The van der Waals surface area contributed by atoms with E-state index in [9.17, 15) is 4.79 Å². The van der Waals surface area contributed by atoms with E-state index in [0.29, 0.717) is 5.02 Å². The van der Waals surface area contributed by atoms with E-state index in [-0.39, 0.29) is 17.4 Å². The average molecular weight is 322 g/mol. The van der Waals surface area contributed by atoms with Gasteiger partial charge in [-0.15, -0.1) is 11.3 Å². The van der Waals surface area contributed by atoms with Gasteiger partial charge in [-0.05, 0) is 42.2 Å². The molecule has 112 valence electrons. The average Bonchev–Trinajstić information content (AvgIpc) is 2.87. The third-order valence-corrected chi connectivity index (χ3v) is 4.95. The molecule has 1 aromatic carbocycles. The quantitative estimate of drug-likeness (QED) is 0.823. The summed E-state index contributed by atoms with van der Waals surface area (Å²) in [6.45, 7) is 8.38. The molecule has 0 spiro atoms. The van der Waals surface area contributed by atoms with Gasteiger partial charge >= 0.3 is 0 Å². The van der Waals surface area contributed by atoms with E-state index in [1.165, 1.54) is 11.3 Å². The summed E-state index contributed by atoms with van der Waals surface area (Å²) >= 11 is 7.49. The first-order chi connectivity index (χ1) is 9.77. The lowest BCUT2D eigenvalue weighted by molar-refractivity contribution is 0.0914. The Balaban J connectivity index is 2.15. The normalized spacial score (nSPS) is 13.0. The second-order valence-electron chi connectivity index (χ2n) is 6.24. The Morgan fingerprint density at radius 1 is 1.24 bits per heavy atom. The molecule has 1 atom stereocenters. The van der Waals surface area contributed by atoms with Gasteiger partial charge in [0, 0.05) is 15.9 Å². The van der Waals surface area contributed by atoms with Crippen molar-refractivity contribution < 1.29 is 4.79 Å². The molecule has 2 aromatic rings. The van der Waals surface area contributed by atoms with Crippen LogP contribution in [0.1, 0.15) is 37.4 Å². The minimum absolute atomic E-state index is 0.0179. The van der Waals surface area contributed by atoms with Crippen LogP contribution in [0.2, 0.25) is 5.02 Å². The summed E-state index contributed by atoms with van der Waals surface area (Å²) in [6, 6.07) is 11.6. The maximum Gasteiger partial charge on any atom is 0.261 e. The van der Waals surface area contributed by atoms with Gasteiger partial charge < -0.3 is 5.32 Å². The highest BCUT2D eigenvalue weighted by atomic mass is 35.5. The van der Waals surface area contributed by atoms with E-state index in [4.69, 9.17) is 11.6 Å². The molecule has 4 heteroatoms.